The first-order chi connectivity index (χ1) is 16.5. The van der Waals surface area contributed by atoms with Gasteiger partial charge >= 0.3 is 0 Å². The molecule has 1 aliphatic heterocycles. The minimum absolute atomic E-state index is 0.0450. The standard InChI is InChI=1S/C27H31N3O3S/c1-19-17-30(18-20(2)33-19)24-13-11-22(12-14-24)29-27(32)21-6-3-7-23(16-21)28-26(31)10-4-8-25-9-5-15-34-25/h3,5-7,9,11-16,19-20H,4,8,10,17-18H2,1-2H3,(H,28,31)(H,29,32). The molecule has 2 atom stereocenters. The number of hydrogen-bond acceptors (Lipinski definition) is 5. The van der Waals surface area contributed by atoms with Gasteiger partial charge in [-0.1, -0.05) is 12.1 Å². The second kappa shape index (κ2) is 11.3. The zero-order chi connectivity index (χ0) is 23.9. The minimum Gasteiger partial charge on any atom is -0.372 e. The summed E-state index contributed by atoms with van der Waals surface area (Å²) in [7, 11) is 0. The molecule has 3 aromatic rings. The highest BCUT2D eigenvalue weighted by Crippen LogP contribution is 2.23. The Balaban J connectivity index is 1.30. The highest BCUT2D eigenvalue weighted by atomic mass is 32.1. The molecule has 1 fully saturated rings. The number of aryl methyl sites for hydroxylation is 1. The summed E-state index contributed by atoms with van der Waals surface area (Å²) in [5.41, 5.74) is 2.96. The second-order valence-corrected chi connectivity index (χ2v) is 9.76. The van der Waals surface area contributed by atoms with E-state index in [-0.39, 0.29) is 24.0 Å². The van der Waals surface area contributed by atoms with Gasteiger partial charge in [-0.15, -0.1) is 11.3 Å². The number of nitrogens with zero attached hydrogens (tertiary/aromatic N) is 1. The van der Waals surface area contributed by atoms with Crippen LogP contribution in [0.4, 0.5) is 17.1 Å². The Bertz CT molecular complexity index is 1090. The van der Waals surface area contributed by atoms with Gasteiger partial charge in [-0.3, -0.25) is 9.59 Å². The third-order valence-electron chi connectivity index (χ3n) is 5.73. The molecule has 1 aromatic heterocycles. The second-order valence-electron chi connectivity index (χ2n) is 8.73. The van der Waals surface area contributed by atoms with Crippen molar-refractivity contribution in [3.8, 4) is 0 Å². The van der Waals surface area contributed by atoms with Gasteiger partial charge in [-0.05, 0) is 80.6 Å². The highest BCUT2D eigenvalue weighted by Gasteiger charge is 2.22. The average Bonchev–Trinajstić information content (AvgIpc) is 3.33. The molecule has 2 amide bonds. The van der Waals surface area contributed by atoms with E-state index in [1.54, 1.807) is 35.6 Å². The Labute approximate surface area is 204 Å². The third kappa shape index (κ3) is 6.68. The molecule has 2 N–H and O–H groups in total. The summed E-state index contributed by atoms with van der Waals surface area (Å²) in [4.78, 5) is 28.7. The Morgan fingerprint density at radius 3 is 2.44 bits per heavy atom. The number of nitrogens with one attached hydrogen (secondary N) is 2. The maximum Gasteiger partial charge on any atom is 0.255 e. The number of carbonyl (C=O) groups is 2. The number of rotatable bonds is 8. The van der Waals surface area contributed by atoms with Gasteiger partial charge in [0.05, 0.1) is 12.2 Å². The Kier molecular flexibility index (Phi) is 7.98. The Morgan fingerprint density at radius 2 is 1.74 bits per heavy atom. The highest BCUT2D eigenvalue weighted by molar-refractivity contribution is 7.09. The number of carbonyl (C=O) groups excluding carboxylic acids is 2. The summed E-state index contributed by atoms with van der Waals surface area (Å²) in [5.74, 6) is -0.258. The lowest BCUT2D eigenvalue weighted by Crippen LogP contribution is -2.45. The predicted molar refractivity (Wildman–Crippen MR) is 139 cm³/mol. The van der Waals surface area contributed by atoms with Crippen molar-refractivity contribution in [2.75, 3.05) is 28.6 Å². The average molecular weight is 478 g/mol. The van der Waals surface area contributed by atoms with E-state index in [1.165, 1.54) is 4.88 Å². The molecule has 6 nitrogen and oxygen atoms in total. The fourth-order valence-corrected chi connectivity index (χ4v) is 4.94. The third-order valence-corrected chi connectivity index (χ3v) is 6.66. The van der Waals surface area contributed by atoms with Gasteiger partial charge in [0.2, 0.25) is 5.91 Å². The first-order valence-electron chi connectivity index (χ1n) is 11.7. The van der Waals surface area contributed by atoms with Crippen molar-refractivity contribution in [1.82, 2.24) is 0 Å². The molecule has 178 valence electrons. The maximum atomic E-state index is 12.8. The fourth-order valence-electron chi connectivity index (χ4n) is 4.19. The van der Waals surface area contributed by atoms with E-state index in [2.05, 4.69) is 35.4 Å². The summed E-state index contributed by atoms with van der Waals surface area (Å²) in [6.07, 6.45) is 2.52. The van der Waals surface area contributed by atoms with Crippen molar-refractivity contribution in [3.05, 3.63) is 76.5 Å². The molecule has 4 rings (SSSR count). The number of hydrogen-bond donors (Lipinski definition) is 2. The molecule has 7 heteroatoms. The zero-order valence-corrected chi connectivity index (χ0v) is 20.4. The van der Waals surface area contributed by atoms with Gasteiger partial charge in [0, 0.05) is 47.0 Å². The molecule has 2 unspecified atom stereocenters. The molecule has 0 aliphatic carbocycles. The van der Waals surface area contributed by atoms with E-state index in [9.17, 15) is 9.59 Å². The molecule has 34 heavy (non-hydrogen) atoms. The number of thiophene rings is 1. The SMILES string of the molecule is CC1CN(c2ccc(NC(=O)c3cccc(NC(=O)CCCc4cccs4)c3)cc2)CC(C)O1. The maximum absolute atomic E-state index is 12.8. The molecule has 1 saturated heterocycles. The lowest BCUT2D eigenvalue weighted by molar-refractivity contribution is -0.116. The van der Waals surface area contributed by atoms with E-state index >= 15 is 0 Å². The normalized spacial score (nSPS) is 17.9. The van der Waals surface area contributed by atoms with E-state index < -0.39 is 0 Å². The van der Waals surface area contributed by atoms with Crippen LogP contribution in [0.15, 0.2) is 66.0 Å². The van der Waals surface area contributed by atoms with Crippen molar-refractivity contribution in [2.24, 2.45) is 0 Å². The number of benzene rings is 2. The molecular weight excluding hydrogens is 446 g/mol. The number of ether oxygens (including phenoxy) is 1. The van der Waals surface area contributed by atoms with Crippen molar-refractivity contribution in [2.45, 2.75) is 45.3 Å². The van der Waals surface area contributed by atoms with E-state index in [4.69, 9.17) is 4.74 Å². The first-order valence-corrected chi connectivity index (χ1v) is 12.6. The Morgan fingerprint density at radius 1 is 0.971 bits per heavy atom. The van der Waals surface area contributed by atoms with E-state index in [1.807, 2.05) is 35.7 Å². The molecular formula is C27H31N3O3S. The van der Waals surface area contributed by atoms with Crippen molar-refractivity contribution >= 4 is 40.2 Å². The molecule has 2 aromatic carbocycles. The van der Waals surface area contributed by atoms with Crippen LogP contribution in [0.5, 0.6) is 0 Å². The predicted octanol–water partition coefficient (Wildman–Crippen LogP) is 5.58. The molecule has 2 heterocycles. The van der Waals surface area contributed by atoms with E-state index in [0.717, 1.165) is 37.3 Å². The van der Waals surface area contributed by atoms with Gasteiger partial charge in [0.25, 0.3) is 5.91 Å². The smallest absolute Gasteiger partial charge is 0.255 e. The quantitative estimate of drug-likeness (QED) is 0.445. The summed E-state index contributed by atoms with van der Waals surface area (Å²) < 4.78 is 5.81. The van der Waals surface area contributed by atoms with Crippen LogP contribution in [0, 0.1) is 0 Å². The zero-order valence-electron chi connectivity index (χ0n) is 19.6. The van der Waals surface area contributed by atoms with Crippen molar-refractivity contribution in [3.63, 3.8) is 0 Å². The van der Waals surface area contributed by atoms with Gasteiger partial charge in [0.15, 0.2) is 0 Å². The topological polar surface area (TPSA) is 70.7 Å². The summed E-state index contributed by atoms with van der Waals surface area (Å²) in [6, 6.07) is 19.0. The van der Waals surface area contributed by atoms with Gasteiger partial charge in [-0.2, -0.15) is 0 Å². The molecule has 0 radical (unpaired) electrons. The number of morpholine rings is 1. The van der Waals surface area contributed by atoms with Crippen molar-refractivity contribution < 1.29 is 14.3 Å². The van der Waals surface area contributed by atoms with Gasteiger partial charge in [0.1, 0.15) is 0 Å². The first kappa shape index (κ1) is 24.0. The summed E-state index contributed by atoms with van der Waals surface area (Å²) in [5, 5.41) is 7.89. The van der Waals surface area contributed by atoms with E-state index in [0.29, 0.717) is 17.7 Å². The van der Waals surface area contributed by atoms with Crippen LogP contribution in [-0.4, -0.2) is 37.1 Å². The van der Waals surface area contributed by atoms with Crippen LogP contribution >= 0.6 is 11.3 Å². The summed E-state index contributed by atoms with van der Waals surface area (Å²) >= 11 is 1.71. The summed E-state index contributed by atoms with van der Waals surface area (Å²) in [6.45, 7) is 5.86. The Hall–Kier alpha value is -3.16. The lowest BCUT2D eigenvalue weighted by atomic mass is 10.1. The fraction of sp³-hybridized carbons (Fsp3) is 0.333. The van der Waals surface area contributed by atoms with Crippen molar-refractivity contribution in [1.29, 1.82) is 0 Å². The van der Waals surface area contributed by atoms with Gasteiger partial charge in [-0.25, -0.2) is 0 Å². The lowest BCUT2D eigenvalue weighted by Gasteiger charge is -2.36. The van der Waals surface area contributed by atoms with Crippen LogP contribution in [0.1, 0.15) is 41.9 Å². The molecule has 0 saturated carbocycles. The minimum atomic E-state index is -0.213. The number of amides is 2. The monoisotopic (exact) mass is 477 g/mol. The van der Waals surface area contributed by atoms with Gasteiger partial charge < -0.3 is 20.3 Å². The number of anilines is 3. The largest absolute Gasteiger partial charge is 0.372 e. The van der Waals surface area contributed by atoms with Crippen LogP contribution in [0.25, 0.3) is 0 Å². The molecule has 0 spiro atoms. The van der Waals surface area contributed by atoms with Crippen LogP contribution < -0.4 is 15.5 Å². The molecule has 1 aliphatic rings. The molecule has 0 bridgehead atoms. The van der Waals surface area contributed by atoms with Crippen LogP contribution in [-0.2, 0) is 16.0 Å². The van der Waals surface area contributed by atoms with Crippen LogP contribution in [0.3, 0.4) is 0 Å². The van der Waals surface area contributed by atoms with Crippen LogP contribution in [0.2, 0.25) is 0 Å².